The number of fused-ring (bicyclic) bond motifs is 3. The highest BCUT2D eigenvalue weighted by Crippen LogP contribution is 2.49. The van der Waals surface area contributed by atoms with E-state index in [0.29, 0.717) is 17.5 Å². The van der Waals surface area contributed by atoms with E-state index >= 15 is 0 Å². The minimum Gasteiger partial charge on any atom is -0.330 e. The third-order valence-electron chi connectivity index (χ3n) is 3.52. The zero-order valence-corrected chi connectivity index (χ0v) is 11.3. The van der Waals surface area contributed by atoms with Crippen molar-refractivity contribution < 1.29 is 0 Å². The Morgan fingerprint density at radius 2 is 1.83 bits per heavy atom. The molecule has 3 heteroatoms. The van der Waals surface area contributed by atoms with Gasteiger partial charge in [-0.3, -0.25) is 0 Å². The molecule has 0 saturated heterocycles. The van der Waals surface area contributed by atoms with Crippen LogP contribution >= 0.6 is 23.2 Å². The average molecular weight is 278 g/mol. The van der Waals surface area contributed by atoms with Crippen LogP contribution in [0.1, 0.15) is 23.5 Å². The maximum Gasteiger partial charge on any atom is 0.0465 e. The maximum atomic E-state index is 6.37. The Hall–Kier alpha value is -1.02. The molecular formula is C15H13Cl2N. The summed E-state index contributed by atoms with van der Waals surface area (Å²) in [4.78, 5) is 0. The van der Waals surface area contributed by atoms with Crippen LogP contribution < -0.4 is 5.73 Å². The van der Waals surface area contributed by atoms with E-state index in [9.17, 15) is 0 Å². The van der Waals surface area contributed by atoms with E-state index in [0.717, 1.165) is 17.0 Å². The first-order chi connectivity index (χ1) is 8.72. The zero-order valence-electron chi connectivity index (χ0n) is 9.79. The quantitative estimate of drug-likeness (QED) is 0.862. The van der Waals surface area contributed by atoms with Gasteiger partial charge in [0.25, 0.3) is 0 Å². The Morgan fingerprint density at radius 1 is 1.06 bits per heavy atom. The molecule has 1 nitrogen and oxygen atoms in total. The van der Waals surface area contributed by atoms with Crippen molar-refractivity contribution in [3.05, 3.63) is 57.6 Å². The van der Waals surface area contributed by atoms with Crippen molar-refractivity contribution in [2.45, 2.75) is 12.3 Å². The molecule has 0 amide bonds. The van der Waals surface area contributed by atoms with Gasteiger partial charge in [0.2, 0.25) is 0 Å². The lowest BCUT2D eigenvalue weighted by molar-refractivity contribution is 0.741. The number of hydrogen-bond acceptors (Lipinski definition) is 1. The van der Waals surface area contributed by atoms with Crippen molar-refractivity contribution in [2.24, 2.45) is 5.73 Å². The van der Waals surface area contributed by atoms with Gasteiger partial charge in [0.1, 0.15) is 0 Å². The second-order valence-corrected chi connectivity index (χ2v) is 5.41. The summed E-state index contributed by atoms with van der Waals surface area (Å²) in [6.07, 6.45) is 0.908. The molecule has 0 radical (unpaired) electrons. The minimum atomic E-state index is 0.297. The van der Waals surface area contributed by atoms with E-state index in [1.54, 1.807) is 0 Å². The molecule has 0 aromatic heterocycles. The Bertz CT molecular complexity index is 607. The van der Waals surface area contributed by atoms with Crippen LogP contribution in [0.15, 0.2) is 36.4 Å². The standard InChI is InChI=1S/C15H13Cl2N/c16-9-7-13-11-4-2-1-3-10(11)12(5-6-18)15(13)14(17)8-9/h1-4,7-8,12H,5-6,18H2. The van der Waals surface area contributed by atoms with Gasteiger partial charge in [-0.1, -0.05) is 47.5 Å². The van der Waals surface area contributed by atoms with Gasteiger partial charge in [0.15, 0.2) is 0 Å². The van der Waals surface area contributed by atoms with Gasteiger partial charge in [-0.25, -0.2) is 0 Å². The molecule has 0 aliphatic heterocycles. The molecular weight excluding hydrogens is 265 g/mol. The lowest BCUT2D eigenvalue weighted by Crippen LogP contribution is -2.06. The molecule has 0 saturated carbocycles. The molecule has 0 bridgehead atoms. The highest BCUT2D eigenvalue weighted by atomic mass is 35.5. The normalized spacial score (nSPS) is 16.5. The van der Waals surface area contributed by atoms with E-state index in [-0.39, 0.29) is 0 Å². The molecule has 1 unspecified atom stereocenters. The van der Waals surface area contributed by atoms with Gasteiger partial charge in [-0.2, -0.15) is 0 Å². The molecule has 92 valence electrons. The lowest BCUT2D eigenvalue weighted by atomic mass is 9.94. The number of rotatable bonds is 2. The summed E-state index contributed by atoms with van der Waals surface area (Å²) in [6, 6.07) is 12.2. The minimum absolute atomic E-state index is 0.297. The summed E-state index contributed by atoms with van der Waals surface area (Å²) < 4.78 is 0. The Morgan fingerprint density at radius 3 is 2.61 bits per heavy atom. The van der Waals surface area contributed by atoms with Crippen LogP contribution in [0.2, 0.25) is 10.0 Å². The third-order valence-corrected chi connectivity index (χ3v) is 4.06. The van der Waals surface area contributed by atoms with E-state index in [4.69, 9.17) is 28.9 Å². The van der Waals surface area contributed by atoms with Crippen molar-refractivity contribution in [1.29, 1.82) is 0 Å². The molecule has 0 heterocycles. The summed E-state index contributed by atoms with van der Waals surface area (Å²) in [5.41, 5.74) is 10.6. The number of hydrogen-bond donors (Lipinski definition) is 1. The summed E-state index contributed by atoms with van der Waals surface area (Å²) in [6.45, 7) is 0.650. The van der Waals surface area contributed by atoms with Crippen LogP contribution in [0.25, 0.3) is 11.1 Å². The highest BCUT2D eigenvalue weighted by Gasteiger charge is 2.30. The number of halogens is 2. The van der Waals surface area contributed by atoms with Crippen LogP contribution in [0.3, 0.4) is 0 Å². The lowest BCUT2D eigenvalue weighted by Gasteiger charge is -2.13. The molecule has 2 aromatic rings. The predicted molar refractivity (Wildman–Crippen MR) is 77.4 cm³/mol. The van der Waals surface area contributed by atoms with Crippen molar-refractivity contribution in [3.63, 3.8) is 0 Å². The highest BCUT2D eigenvalue weighted by molar-refractivity contribution is 6.36. The van der Waals surface area contributed by atoms with Gasteiger partial charge in [-0.05, 0) is 47.4 Å². The molecule has 1 aliphatic rings. The van der Waals surface area contributed by atoms with E-state index in [1.807, 2.05) is 18.2 Å². The monoisotopic (exact) mass is 277 g/mol. The van der Waals surface area contributed by atoms with Crippen molar-refractivity contribution in [2.75, 3.05) is 6.54 Å². The molecule has 1 aliphatic carbocycles. The maximum absolute atomic E-state index is 6.37. The van der Waals surface area contributed by atoms with Gasteiger partial charge < -0.3 is 5.73 Å². The fraction of sp³-hybridized carbons (Fsp3) is 0.200. The zero-order chi connectivity index (χ0) is 12.7. The number of nitrogens with two attached hydrogens (primary N) is 1. The second kappa shape index (κ2) is 4.58. The molecule has 0 fully saturated rings. The molecule has 3 rings (SSSR count). The van der Waals surface area contributed by atoms with E-state index in [2.05, 4.69) is 18.2 Å². The van der Waals surface area contributed by atoms with Crippen molar-refractivity contribution in [1.82, 2.24) is 0 Å². The van der Waals surface area contributed by atoms with Crippen molar-refractivity contribution >= 4 is 23.2 Å². The topological polar surface area (TPSA) is 26.0 Å². The van der Waals surface area contributed by atoms with Gasteiger partial charge in [0.05, 0.1) is 0 Å². The SMILES string of the molecule is NCCC1c2ccccc2-c2cc(Cl)cc(Cl)c21. The van der Waals surface area contributed by atoms with Crippen LogP contribution in [0.4, 0.5) is 0 Å². The molecule has 1 atom stereocenters. The summed E-state index contributed by atoms with van der Waals surface area (Å²) >= 11 is 12.5. The fourth-order valence-electron chi connectivity index (χ4n) is 2.83. The smallest absolute Gasteiger partial charge is 0.0465 e. The van der Waals surface area contributed by atoms with Crippen LogP contribution in [-0.4, -0.2) is 6.54 Å². The fourth-order valence-corrected chi connectivity index (χ4v) is 3.46. The molecule has 0 spiro atoms. The summed E-state index contributed by atoms with van der Waals surface area (Å²) in [7, 11) is 0. The first-order valence-corrected chi connectivity index (χ1v) is 6.76. The first-order valence-electron chi connectivity index (χ1n) is 6.00. The Labute approximate surface area is 117 Å². The summed E-state index contributed by atoms with van der Waals surface area (Å²) in [5, 5.41) is 1.43. The second-order valence-electron chi connectivity index (χ2n) is 4.57. The predicted octanol–water partition coefficient (Wildman–Crippen LogP) is 4.45. The molecule has 2 N–H and O–H groups in total. The van der Waals surface area contributed by atoms with E-state index < -0.39 is 0 Å². The first kappa shape index (κ1) is 12.0. The Balaban J connectivity index is 2.28. The van der Waals surface area contributed by atoms with Gasteiger partial charge in [-0.15, -0.1) is 0 Å². The average Bonchev–Trinajstić information content (AvgIpc) is 2.65. The van der Waals surface area contributed by atoms with Crippen LogP contribution in [0, 0.1) is 0 Å². The number of benzene rings is 2. The van der Waals surface area contributed by atoms with Gasteiger partial charge >= 0.3 is 0 Å². The molecule has 18 heavy (non-hydrogen) atoms. The Kier molecular flexibility index (Phi) is 3.06. The van der Waals surface area contributed by atoms with Crippen LogP contribution in [0.5, 0.6) is 0 Å². The van der Waals surface area contributed by atoms with Crippen molar-refractivity contribution in [3.8, 4) is 11.1 Å². The summed E-state index contributed by atoms with van der Waals surface area (Å²) in [5.74, 6) is 0.297. The van der Waals surface area contributed by atoms with Gasteiger partial charge in [0, 0.05) is 16.0 Å². The third kappa shape index (κ3) is 1.74. The largest absolute Gasteiger partial charge is 0.330 e. The van der Waals surface area contributed by atoms with E-state index in [1.165, 1.54) is 16.7 Å². The van der Waals surface area contributed by atoms with Crippen LogP contribution in [-0.2, 0) is 0 Å². The molecule has 2 aromatic carbocycles.